The zero-order chi connectivity index (χ0) is 15.3. The second kappa shape index (κ2) is 6.65. The van der Waals surface area contributed by atoms with Crippen molar-refractivity contribution in [1.29, 1.82) is 0 Å². The van der Waals surface area contributed by atoms with Gasteiger partial charge in [0.2, 0.25) is 0 Å². The van der Waals surface area contributed by atoms with Gasteiger partial charge in [0, 0.05) is 12.6 Å². The number of halogens is 2. The van der Waals surface area contributed by atoms with E-state index in [2.05, 4.69) is 10.6 Å². The third-order valence-electron chi connectivity index (χ3n) is 2.31. The van der Waals surface area contributed by atoms with Gasteiger partial charge in [-0.25, -0.2) is 18.4 Å². The van der Waals surface area contributed by atoms with Gasteiger partial charge in [0.15, 0.2) is 11.6 Å². The maximum absolute atomic E-state index is 13.1. The fraction of sp³-hybridized carbons (Fsp3) is 0.231. The van der Waals surface area contributed by atoms with E-state index in [1.165, 1.54) is 0 Å². The lowest BCUT2D eigenvalue weighted by molar-refractivity contribution is 0.0697. The molecule has 0 saturated carbocycles. The van der Waals surface area contributed by atoms with Crippen molar-refractivity contribution in [2.45, 2.75) is 13.8 Å². The van der Waals surface area contributed by atoms with Crippen LogP contribution < -0.4 is 10.6 Å². The molecule has 1 rings (SSSR count). The third-order valence-corrected chi connectivity index (χ3v) is 2.31. The number of allylic oxidation sites excluding steroid dienone is 1. The van der Waals surface area contributed by atoms with Crippen molar-refractivity contribution in [3.63, 3.8) is 0 Å². The summed E-state index contributed by atoms with van der Waals surface area (Å²) in [6.45, 7) is 3.93. The van der Waals surface area contributed by atoms with Gasteiger partial charge in [-0.2, -0.15) is 0 Å². The number of carboxylic acid groups (broad SMARTS) is 1. The molecule has 0 saturated heterocycles. The minimum atomic E-state index is -1.47. The Morgan fingerprint density at radius 1 is 1.25 bits per heavy atom. The highest BCUT2D eigenvalue weighted by Crippen LogP contribution is 2.20. The fourth-order valence-electron chi connectivity index (χ4n) is 1.34. The van der Waals surface area contributed by atoms with E-state index < -0.39 is 29.2 Å². The van der Waals surface area contributed by atoms with Crippen LogP contribution in [0, 0.1) is 11.6 Å². The van der Waals surface area contributed by atoms with E-state index in [1.807, 2.05) is 13.8 Å². The standard InChI is InChI=1S/C13H14F2N2O3/c1-7(2)3-4-16-13(20)17-11-6-10(15)9(14)5-8(11)12(18)19/h3,5-6H,4H2,1-2H3,(H,18,19)(H2,16,17,20). The van der Waals surface area contributed by atoms with E-state index in [9.17, 15) is 18.4 Å². The van der Waals surface area contributed by atoms with Gasteiger partial charge in [0.25, 0.3) is 0 Å². The molecule has 2 amide bonds. The summed E-state index contributed by atoms with van der Waals surface area (Å²) in [5.41, 5.74) is 0.150. The van der Waals surface area contributed by atoms with Gasteiger partial charge < -0.3 is 15.7 Å². The van der Waals surface area contributed by atoms with E-state index in [1.54, 1.807) is 6.08 Å². The monoisotopic (exact) mass is 284 g/mol. The molecule has 0 aliphatic heterocycles. The predicted molar refractivity (Wildman–Crippen MR) is 69.8 cm³/mol. The summed E-state index contributed by atoms with van der Waals surface area (Å²) in [6.07, 6.45) is 1.74. The summed E-state index contributed by atoms with van der Waals surface area (Å²) in [5.74, 6) is -4.00. The normalized spacial score (nSPS) is 9.80. The van der Waals surface area contributed by atoms with Crippen molar-refractivity contribution < 1.29 is 23.5 Å². The van der Waals surface area contributed by atoms with Crippen LogP contribution >= 0.6 is 0 Å². The number of benzene rings is 1. The highest BCUT2D eigenvalue weighted by Gasteiger charge is 2.16. The summed E-state index contributed by atoms with van der Waals surface area (Å²) in [7, 11) is 0. The van der Waals surface area contributed by atoms with Gasteiger partial charge in [-0.05, 0) is 19.9 Å². The lowest BCUT2D eigenvalue weighted by Crippen LogP contribution is -2.29. The molecule has 20 heavy (non-hydrogen) atoms. The average Bonchev–Trinajstić information content (AvgIpc) is 2.32. The summed E-state index contributed by atoms with van der Waals surface area (Å²) in [5, 5.41) is 13.5. The number of rotatable bonds is 4. The number of carbonyl (C=O) groups excluding carboxylic acids is 1. The van der Waals surface area contributed by atoms with Gasteiger partial charge in [-0.1, -0.05) is 11.6 Å². The van der Waals surface area contributed by atoms with Crippen LogP contribution in [0.15, 0.2) is 23.8 Å². The highest BCUT2D eigenvalue weighted by molar-refractivity contribution is 6.00. The molecule has 7 heteroatoms. The Kier molecular flexibility index (Phi) is 5.19. The quantitative estimate of drug-likeness (QED) is 0.744. The van der Waals surface area contributed by atoms with Crippen LogP contribution in [0.2, 0.25) is 0 Å². The molecule has 0 heterocycles. The summed E-state index contributed by atoms with van der Waals surface area (Å²) < 4.78 is 26.1. The van der Waals surface area contributed by atoms with E-state index in [-0.39, 0.29) is 12.2 Å². The first kappa shape index (κ1) is 15.6. The zero-order valence-corrected chi connectivity index (χ0v) is 11.0. The fourth-order valence-corrected chi connectivity index (χ4v) is 1.34. The Labute approximate surface area is 114 Å². The minimum Gasteiger partial charge on any atom is -0.478 e. The second-order valence-corrected chi connectivity index (χ2v) is 4.23. The SMILES string of the molecule is CC(C)=CCNC(=O)Nc1cc(F)c(F)cc1C(=O)O. The second-order valence-electron chi connectivity index (χ2n) is 4.23. The number of urea groups is 1. The molecule has 0 spiro atoms. The molecule has 0 aliphatic carbocycles. The Balaban J connectivity index is 2.86. The number of hydrogen-bond donors (Lipinski definition) is 3. The van der Waals surface area contributed by atoms with E-state index in [0.717, 1.165) is 5.57 Å². The Morgan fingerprint density at radius 2 is 1.85 bits per heavy atom. The Hall–Kier alpha value is -2.44. The van der Waals surface area contributed by atoms with Gasteiger partial charge in [0.1, 0.15) is 0 Å². The molecule has 3 N–H and O–H groups in total. The molecule has 0 unspecified atom stereocenters. The van der Waals surface area contributed by atoms with Crippen LogP contribution in [-0.4, -0.2) is 23.7 Å². The molecule has 0 radical (unpaired) electrons. The smallest absolute Gasteiger partial charge is 0.337 e. The first-order valence-corrected chi connectivity index (χ1v) is 5.71. The van der Waals surface area contributed by atoms with Crippen molar-refractivity contribution in [3.05, 3.63) is 41.0 Å². The van der Waals surface area contributed by atoms with Crippen LogP contribution in [0.5, 0.6) is 0 Å². The molecule has 0 aromatic heterocycles. The zero-order valence-electron chi connectivity index (χ0n) is 11.0. The summed E-state index contributed by atoms with van der Waals surface area (Å²) >= 11 is 0. The number of carboxylic acids is 1. The lowest BCUT2D eigenvalue weighted by atomic mass is 10.1. The van der Waals surface area contributed by atoms with Crippen LogP contribution in [-0.2, 0) is 0 Å². The lowest BCUT2D eigenvalue weighted by Gasteiger charge is -2.09. The Morgan fingerprint density at radius 3 is 2.40 bits per heavy atom. The molecule has 0 atom stereocenters. The predicted octanol–water partition coefficient (Wildman–Crippen LogP) is 2.75. The van der Waals surface area contributed by atoms with Crippen LogP contribution in [0.1, 0.15) is 24.2 Å². The van der Waals surface area contributed by atoms with Crippen molar-refractivity contribution in [2.75, 3.05) is 11.9 Å². The number of anilines is 1. The van der Waals surface area contributed by atoms with Crippen molar-refractivity contribution >= 4 is 17.7 Å². The molecule has 108 valence electrons. The van der Waals surface area contributed by atoms with Crippen LogP contribution in [0.3, 0.4) is 0 Å². The summed E-state index contributed by atoms with van der Waals surface area (Å²) in [6, 6.07) is 0.429. The highest BCUT2D eigenvalue weighted by atomic mass is 19.2. The minimum absolute atomic E-state index is 0.236. The Bertz CT molecular complexity index is 567. The van der Waals surface area contributed by atoms with E-state index >= 15 is 0 Å². The maximum atomic E-state index is 13.1. The van der Waals surface area contributed by atoms with Crippen molar-refractivity contribution in [3.8, 4) is 0 Å². The molecule has 5 nitrogen and oxygen atoms in total. The first-order valence-electron chi connectivity index (χ1n) is 5.71. The van der Waals surface area contributed by atoms with Crippen LogP contribution in [0.25, 0.3) is 0 Å². The molecule has 1 aromatic rings. The third kappa shape index (κ3) is 4.34. The maximum Gasteiger partial charge on any atom is 0.337 e. The molecule has 0 fully saturated rings. The molecular weight excluding hydrogens is 270 g/mol. The molecular formula is C13H14F2N2O3. The van der Waals surface area contributed by atoms with Gasteiger partial charge in [-0.15, -0.1) is 0 Å². The van der Waals surface area contributed by atoms with Gasteiger partial charge in [0.05, 0.1) is 11.3 Å². The van der Waals surface area contributed by atoms with Crippen LogP contribution in [0.4, 0.5) is 19.3 Å². The topological polar surface area (TPSA) is 78.4 Å². The van der Waals surface area contributed by atoms with Gasteiger partial charge in [-0.3, -0.25) is 0 Å². The number of nitrogens with one attached hydrogen (secondary N) is 2. The largest absolute Gasteiger partial charge is 0.478 e. The number of carbonyl (C=O) groups is 2. The number of aromatic carboxylic acids is 1. The van der Waals surface area contributed by atoms with E-state index in [4.69, 9.17) is 5.11 Å². The summed E-state index contributed by atoms with van der Waals surface area (Å²) in [4.78, 5) is 22.4. The van der Waals surface area contributed by atoms with E-state index in [0.29, 0.717) is 12.1 Å². The molecule has 0 bridgehead atoms. The molecule has 1 aromatic carbocycles. The number of hydrogen-bond acceptors (Lipinski definition) is 2. The molecule has 0 aliphatic rings. The van der Waals surface area contributed by atoms with Crippen molar-refractivity contribution in [2.24, 2.45) is 0 Å². The number of amides is 2. The van der Waals surface area contributed by atoms with Gasteiger partial charge >= 0.3 is 12.0 Å². The van der Waals surface area contributed by atoms with Crippen molar-refractivity contribution in [1.82, 2.24) is 5.32 Å². The first-order chi connectivity index (χ1) is 9.31. The average molecular weight is 284 g/mol.